The molecule has 1 heterocycles. The van der Waals surface area contributed by atoms with Gasteiger partial charge in [0.1, 0.15) is 11.6 Å². The number of carbonyl (C=O) groups is 1. The smallest absolute Gasteiger partial charge is 0.284 e. The molecule has 1 amide bonds. The van der Waals surface area contributed by atoms with Gasteiger partial charge in [0.05, 0.1) is 9.82 Å². The number of amidine groups is 1. The number of nitro groups is 1. The molecule has 1 aliphatic heterocycles. The van der Waals surface area contributed by atoms with Crippen LogP contribution in [0.3, 0.4) is 0 Å². The topological polar surface area (TPSA) is 131 Å². The maximum atomic E-state index is 12.6. The minimum absolute atomic E-state index is 0.0237. The number of nitro benzene ring substituents is 1. The number of carbonyl (C=O) groups excluding carboxylic acids is 1. The second-order valence-electron chi connectivity index (χ2n) is 6.62. The van der Waals surface area contributed by atoms with E-state index < -0.39 is 20.9 Å². The predicted octanol–water partition coefficient (Wildman–Crippen LogP) is 2.43. The number of ether oxygens (including phenoxy) is 1. The van der Waals surface area contributed by atoms with Crippen molar-refractivity contribution in [3.63, 3.8) is 0 Å². The van der Waals surface area contributed by atoms with Gasteiger partial charge < -0.3 is 15.0 Å². The second-order valence-corrected chi connectivity index (χ2v) is 8.23. The monoisotopic (exact) mass is 432 g/mol. The molecule has 30 heavy (non-hydrogen) atoms. The molecule has 0 bridgehead atoms. The third-order valence-electron chi connectivity index (χ3n) is 4.39. The Kier molecular flexibility index (Phi) is 6.31. The normalized spacial score (nSPS) is 15.2. The van der Waals surface area contributed by atoms with Gasteiger partial charge >= 0.3 is 0 Å². The van der Waals surface area contributed by atoms with E-state index in [1.165, 1.54) is 42.5 Å². The van der Waals surface area contributed by atoms with E-state index >= 15 is 0 Å². The van der Waals surface area contributed by atoms with Crippen LogP contribution in [0.15, 0.2) is 57.8 Å². The molecule has 2 aromatic carbocycles. The Morgan fingerprint density at radius 1 is 1.27 bits per heavy atom. The van der Waals surface area contributed by atoms with Crippen LogP contribution in [0.1, 0.15) is 12.8 Å². The first-order valence-electron chi connectivity index (χ1n) is 9.07. The fourth-order valence-electron chi connectivity index (χ4n) is 2.85. The van der Waals surface area contributed by atoms with E-state index in [-0.39, 0.29) is 22.9 Å². The minimum atomic E-state index is -3.89. The number of nitrogens with zero attached hydrogens (tertiary/aromatic N) is 3. The molecule has 1 N–H and O–H groups in total. The zero-order valence-electron chi connectivity index (χ0n) is 16.1. The summed E-state index contributed by atoms with van der Waals surface area (Å²) in [7, 11) is -2.10. The van der Waals surface area contributed by atoms with Gasteiger partial charge in [0.2, 0.25) is 0 Å². The fraction of sp³-hybridized carbons (Fsp3) is 0.263. The Balaban J connectivity index is 1.63. The standard InChI is InChI=1S/C19H20N4O6S/c1-22-11-3-6-18(22)21-30(27,28)17-5-2-4-14(12-17)20-19(24)13-29-16-9-7-15(8-10-16)23(25)26/h2,4-5,7-10,12H,3,6,11,13H2,1H3,(H,20,24)/b21-18+. The summed E-state index contributed by atoms with van der Waals surface area (Å²) in [6.45, 7) is 0.418. The lowest BCUT2D eigenvalue weighted by atomic mass is 10.3. The van der Waals surface area contributed by atoms with Crippen LogP contribution in [0.25, 0.3) is 0 Å². The van der Waals surface area contributed by atoms with Crippen LogP contribution in [0, 0.1) is 10.1 Å². The van der Waals surface area contributed by atoms with E-state index in [1.54, 1.807) is 18.0 Å². The van der Waals surface area contributed by atoms with Gasteiger partial charge in [-0.3, -0.25) is 14.9 Å². The molecule has 11 heteroatoms. The van der Waals surface area contributed by atoms with Crippen molar-refractivity contribution in [2.75, 3.05) is 25.5 Å². The number of anilines is 1. The molecule has 0 spiro atoms. The first-order valence-corrected chi connectivity index (χ1v) is 10.5. The van der Waals surface area contributed by atoms with E-state index in [0.29, 0.717) is 18.0 Å². The Bertz CT molecular complexity index is 1080. The van der Waals surface area contributed by atoms with Gasteiger partial charge in [0.15, 0.2) is 6.61 Å². The second kappa shape index (κ2) is 8.91. The summed E-state index contributed by atoms with van der Waals surface area (Å²) in [5.41, 5.74) is 0.200. The van der Waals surface area contributed by atoms with Gasteiger partial charge in [-0.15, -0.1) is 4.40 Å². The van der Waals surface area contributed by atoms with Crippen LogP contribution in [0.2, 0.25) is 0 Å². The van der Waals surface area contributed by atoms with Gasteiger partial charge in [-0.2, -0.15) is 8.42 Å². The third kappa shape index (κ3) is 5.32. The molecule has 2 aromatic rings. The van der Waals surface area contributed by atoms with Gasteiger partial charge in [-0.1, -0.05) is 6.07 Å². The number of likely N-dealkylation sites (tertiary alicyclic amines) is 1. The summed E-state index contributed by atoms with van der Waals surface area (Å²) in [5, 5.41) is 13.2. The van der Waals surface area contributed by atoms with Crippen LogP contribution >= 0.6 is 0 Å². The predicted molar refractivity (Wildman–Crippen MR) is 110 cm³/mol. The maximum absolute atomic E-state index is 12.6. The van der Waals surface area contributed by atoms with E-state index in [4.69, 9.17) is 4.74 Å². The highest BCUT2D eigenvalue weighted by atomic mass is 32.2. The number of hydrogen-bond donors (Lipinski definition) is 1. The molecule has 158 valence electrons. The Hall–Kier alpha value is -3.47. The zero-order valence-corrected chi connectivity index (χ0v) is 17.0. The number of hydrogen-bond acceptors (Lipinski definition) is 6. The highest BCUT2D eigenvalue weighted by Crippen LogP contribution is 2.21. The molecule has 0 atom stereocenters. The van der Waals surface area contributed by atoms with Crippen molar-refractivity contribution in [1.29, 1.82) is 0 Å². The molecule has 1 aliphatic rings. The van der Waals surface area contributed by atoms with Gasteiger partial charge in [0.25, 0.3) is 21.6 Å². The number of non-ortho nitro benzene ring substituents is 1. The Morgan fingerprint density at radius 3 is 2.63 bits per heavy atom. The van der Waals surface area contributed by atoms with Crippen LogP contribution in [-0.4, -0.2) is 50.2 Å². The van der Waals surface area contributed by atoms with Crippen LogP contribution in [0.5, 0.6) is 5.75 Å². The molecule has 3 rings (SSSR count). The zero-order chi connectivity index (χ0) is 21.7. The SMILES string of the molecule is CN1CCC/C1=N\S(=O)(=O)c1cccc(NC(=O)COc2ccc([N+](=O)[O-])cc2)c1. The molecule has 0 unspecified atom stereocenters. The largest absolute Gasteiger partial charge is 0.484 e. The highest BCUT2D eigenvalue weighted by molar-refractivity contribution is 7.90. The first kappa shape index (κ1) is 21.2. The summed E-state index contributed by atoms with van der Waals surface area (Å²) in [4.78, 5) is 24.0. The molecular weight excluding hydrogens is 412 g/mol. The van der Waals surface area contributed by atoms with Gasteiger partial charge in [-0.05, 0) is 36.8 Å². The summed E-state index contributed by atoms with van der Waals surface area (Å²) in [6, 6.07) is 11.1. The molecule has 1 fully saturated rings. The summed E-state index contributed by atoms with van der Waals surface area (Å²) in [5.74, 6) is 0.300. The van der Waals surface area contributed by atoms with Crippen molar-refractivity contribution in [3.05, 3.63) is 58.6 Å². The van der Waals surface area contributed by atoms with Crippen molar-refractivity contribution < 1.29 is 22.9 Å². The van der Waals surface area contributed by atoms with Crippen molar-refractivity contribution in [2.45, 2.75) is 17.7 Å². The Morgan fingerprint density at radius 2 is 2.00 bits per heavy atom. The number of benzene rings is 2. The number of rotatable bonds is 7. The quantitative estimate of drug-likeness (QED) is 0.525. The lowest BCUT2D eigenvalue weighted by molar-refractivity contribution is -0.384. The van der Waals surface area contributed by atoms with Crippen molar-refractivity contribution in [1.82, 2.24) is 4.90 Å². The lowest BCUT2D eigenvalue weighted by Gasteiger charge is -2.11. The molecule has 0 aliphatic carbocycles. The van der Waals surface area contributed by atoms with E-state index in [0.717, 1.165) is 13.0 Å². The van der Waals surface area contributed by atoms with E-state index in [9.17, 15) is 23.3 Å². The van der Waals surface area contributed by atoms with Crippen molar-refractivity contribution in [3.8, 4) is 5.75 Å². The molecule has 0 aromatic heterocycles. The molecule has 0 saturated carbocycles. The molecular formula is C19H20N4O6S. The lowest BCUT2D eigenvalue weighted by Crippen LogP contribution is -2.21. The van der Waals surface area contributed by atoms with Crippen LogP contribution < -0.4 is 10.1 Å². The number of amides is 1. The highest BCUT2D eigenvalue weighted by Gasteiger charge is 2.20. The average molecular weight is 432 g/mol. The van der Waals surface area contributed by atoms with Gasteiger partial charge in [-0.25, -0.2) is 0 Å². The molecule has 10 nitrogen and oxygen atoms in total. The van der Waals surface area contributed by atoms with Crippen LogP contribution in [0.4, 0.5) is 11.4 Å². The third-order valence-corrected chi connectivity index (χ3v) is 5.69. The van der Waals surface area contributed by atoms with Crippen LogP contribution in [-0.2, 0) is 14.8 Å². The van der Waals surface area contributed by atoms with Gasteiger partial charge in [0, 0.05) is 37.8 Å². The van der Waals surface area contributed by atoms with Crippen molar-refractivity contribution in [2.24, 2.45) is 4.40 Å². The summed E-state index contributed by atoms with van der Waals surface area (Å²) in [6.07, 6.45) is 1.46. The molecule has 1 saturated heterocycles. The minimum Gasteiger partial charge on any atom is -0.484 e. The number of sulfonamides is 1. The number of nitrogens with one attached hydrogen (secondary N) is 1. The van der Waals surface area contributed by atoms with Crippen molar-refractivity contribution >= 4 is 33.1 Å². The van der Waals surface area contributed by atoms with E-state index in [2.05, 4.69) is 9.71 Å². The fourth-order valence-corrected chi connectivity index (χ4v) is 3.99. The van der Waals surface area contributed by atoms with E-state index in [1.807, 2.05) is 0 Å². The summed E-state index contributed by atoms with van der Waals surface area (Å²) < 4.78 is 34.3. The maximum Gasteiger partial charge on any atom is 0.284 e. The molecule has 0 radical (unpaired) electrons. The first-order chi connectivity index (χ1) is 14.2. The summed E-state index contributed by atoms with van der Waals surface area (Å²) >= 11 is 0. The Labute approximate surface area is 173 Å². The average Bonchev–Trinajstić information content (AvgIpc) is 3.11.